The van der Waals surface area contributed by atoms with Crippen LogP contribution < -0.4 is 5.32 Å². The molecule has 1 N–H and O–H groups in total. The third kappa shape index (κ3) is 6.21. The van der Waals surface area contributed by atoms with E-state index in [-0.39, 0.29) is 12.1 Å². The van der Waals surface area contributed by atoms with Crippen molar-refractivity contribution >= 4 is 20.1 Å². The zero-order valence-corrected chi connectivity index (χ0v) is 15.5. The molecule has 0 saturated heterocycles. The summed E-state index contributed by atoms with van der Waals surface area (Å²) in [7, 11) is 0.148. The van der Waals surface area contributed by atoms with Crippen LogP contribution in [0.2, 0.25) is 19.6 Å². The van der Waals surface area contributed by atoms with Gasteiger partial charge in [-0.1, -0.05) is 36.8 Å². The van der Waals surface area contributed by atoms with Crippen molar-refractivity contribution in [2.75, 3.05) is 20.3 Å². The number of methoxy groups -OCH3 is 1. The quantitative estimate of drug-likeness (QED) is 0.401. The average Bonchev–Trinajstić information content (AvgIpc) is 3.10. The Morgan fingerprint density at radius 2 is 1.86 bits per heavy atom. The first-order chi connectivity index (χ1) is 10.3. The van der Waals surface area contributed by atoms with Crippen LogP contribution in [0.1, 0.15) is 32.6 Å². The van der Waals surface area contributed by atoms with E-state index in [1.54, 1.807) is 5.20 Å². The minimum Gasteiger partial charge on any atom is -0.469 e. The van der Waals surface area contributed by atoms with Crippen molar-refractivity contribution in [3.05, 3.63) is 10.8 Å². The number of ether oxygens (including phenoxy) is 2. The third-order valence-electron chi connectivity index (χ3n) is 3.96. The Kier molecular flexibility index (Phi) is 7.12. The molecule has 0 bridgehead atoms. The number of hydrogen-bond acceptors (Lipinski definition) is 4. The van der Waals surface area contributed by atoms with Crippen LogP contribution in [-0.2, 0) is 14.3 Å². The van der Waals surface area contributed by atoms with Gasteiger partial charge < -0.3 is 14.8 Å². The topological polar surface area (TPSA) is 64.6 Å². The van der Waals surface area contributed by atoms with E-state index in [1.807, 2.05) is 0 Å². The molecule has 126 valence electrons. The number of nitrogens with one attached hydrogen (secondary N) is 1. The van der Waals surface area contributed by atoms with E-state index in [0.717, 1.165) is 19.3 Å². The number of hydrogen-bond donors (Lipinski definition) is 1. The lowest BCUT2D eigenvalue weighted by atomic mass is 10.2. The third-order valence-corrected chi connectivity index (χ3v) is 6.32. The van der Waals surface area contributed by atoms with Crippen LogP contribution in [0.3, 0.4) is 0 Å². The van der Waals surface area contributed by atoms with Gasteiger partial charge in [0.15, 0.2) is 0 Å². The molecule has 0 aromatic heterocycles. The molecule has 0 heterocycles. The predicted molar refractivity (Wildman–Crippen MR) is 89.4 cm³/mol. The smallest absolute Gasteiger partial charge is 0.407 e. The lowest BCUT2D eigenvalue weighted by Crippen LogP contribution is -2.27. The van der Waals surface area contributed by atoms with Crippen molar-refractivity contribution in [2.24, 2.45) is 5.92 Å². The Bertz CT molecular complexity index is 440. The maximum Gasteiger partial charge on any atom is 0.407 e. The highest BCUT2D eigenvalue weighted by molar-refractivity contribution is 6.84. The highest BCUT2D eigenvalue weighted by Gasteiger charge is 2.41. The lowest BCUT2D eigenvalue weighted by Gasteiger charge is -2.13. The monoisotopic (exact) mass is 327 g/mol. The Hall–Kier alpha value is -1.30. The first-order valence-corrected chi connectivity index (χ1v) is 11.5. The molecule has 0 aromatic carbocycles. The molecule has 1 rings (SSSR count). The first-order valence-electron chi connectivity index (χ1n) is 7.96. The van der Waals surface area contributed by atoms with Gasteiger partial charge in [0, 0.05) is 18.9 Å². The van der Waals surface area contributed by atoms with Gasteiger partial charge in [-0.25, -0.2) is 4.79 Å². The van der Waals surface area contributed by atoms with Gasteiger partial charge in [-0.05, 0) is 19.8 Å². The summed E-state index contributed by atoms with van der Waals surface area (Å²) in [5, 5.41) is 4.30. The van der Waals surface area contributed by atoms with E-state index >= 15 is 0 Å². The van der Waals surface area contributed by atoms with E-state index < -0.39 is 8.07 Å². The molecule has 6 heteroatoms. The minimum atomic E-state index is -1.24. The van der Waals surface area contributed by atoms with Crippen molar-refractivity contribution in [3.63, 3.8) is 0 Å². The molecule has 1 atom stereocenters. The van der Waals surface area contributed by atoms with E-state index in [0.29, 0.717) is 25.5 Å². The van der Waals surface area contributed by atoms with E-state index in [2.05, 4.69) is 36.6 Å². The molecule has 0 saturated carbocycles. The van der Waals surface area contributed by atoms with Crippen LogP contribution >= 0.6 is 0 Å². The number of amides is 1. The molecule has 1 aliphatic rings. The van der Waals surface area contributed by atoms with Crippen molar-refractivity contribution < 1.29 is 19.1 Å². The average molecular weight is 327 g/mol. The molecule has 0 aliphatic heterocycles. The summed E-state index contributed by atoms with van der Waals surface area (Å²) in [6.07, 6.45) is 2.61. The zero-order chi connectivity index (χ0) is 16.8. The van der Waals surface area contributed by atoms with Gasteiger partial charge in [0.25, 0.3) is 0 Å². The van der Waals surface area contributed by atoms with Crippen LogP contribution in [0.4, 0.5) is 4.79 Å². The van der Waals surface area contributed by atoms with Crippen LogP contribution in [0.15, 0.2) is 10.8 Å². The fourth-order valence-electron chi connectivity index (χ4n) is 2.79. The summed E-state index contributed by atoms with van der Waals surface area (Å²) in [6, 6.07) is 0. The molecule has 0 fully saturated rings. The molecular weight excluding hydrogens is 298 g/mol. The minimum absolute atomic E-state index is 0.183. The molecular formula is C16H29NO4Si. The molecule has 0 aromatic rings. The summed E-state index contributed by atoms with van der Waals surface area (Å²) in [4.78, 5) is 22.5. The molecule has 22 heavy (non-hydrogen) atoms. The Labute approximate surface area is 134 Å². The second-order valence-electron chi connectivity index (χ2n) is 6.81. The number of carbonyl (C=O) groups is 2. The van der Waals surface area contributed by atoms with Crippen molar-refractivity contribution in [1.82, 2.24) is 5.32 Å². The summed E-state index contributed by atoms with van der Waals surface area (Å²) >= 11 is 0. The molecule has 1 aliphatic carbocycles. The molecule has 1 amide bonds. The maximum atomic E-state index is 11.6. The second-order valence-corrected chi connectivity index (χ2v) is 11.8. The van der Waals surface area contributed by atoms with E-state index in [4.69, 9.17) is 4.74 Å². The van der Waals surface area contributed by atoms with E-state index in [9.17, 15) is 9.59 Å². The normalized spacial score (nSPS) is 17.2. The van der Waals surface area contributed by atoms with Crippen molar-refractivity contribution in [2.45, 2.75) is 52.2 Å². The SMILES string of the molecule is COC(=O)CCCCCNC(=O)OCC1C(C)=C1[Si](C)(C)C. The summed E-state index contributed by atoms with van der Waals surface area (Å²) in [6.45, 7) is 10.2. The fourth-order valence-corrected chi connectivity index (χ4v) is 5.42. The number of alkyl carbamates (subject to hydrolysis) is 1. The zero-order valence-electron chi connectivity index (χ0n) is 14.5. The van der Waals surface area contributed by atoms with Gasteiger partial charge in [0.1, 0.15) is 6.61 Å². The lowest BCUT2D eigenvalue weighted by molar-refractivity contribution is -0.140. The highest BCUT2D eigenvalue weighted by atomic mass is 28.3. The van der Waals surface area contributed by atoms with Gasteiger partial charge in [-0.15, -0.1) is 0 Å². The van der Waals surface area contributed by atoms with Gasteiger partial charge in [0.05, 0.1) is 15.2 Å². The summed E-state index contributed by atoms with van der Waals surface area (Å²) in [5.41, 5.74) is 1.41. The van der Waals surface area contributed by atoms with E-state index in [1.165, 1.54) is 12.7 Å². The summed E-state index contributed by atoms with van der Waals surface area (Å²) < 4.78 is 9.85. The standard InChI is InChI=1S/C16H29NO4Si/c1-12-13(15(12)22(3,4)5)11-21-16(19)17-10-8-6-7-9-14(18)20-2/h13H,6-11H2,1-5H3,(H,17,19). The van der Waals surface area contributed by atoms with Crippen LogP contribution in [0.25, 0.3) is 0 Å². The number of rotatable bonds is 9. The Balaban J connectivity index is 2.03. The molecule has 5 nitrogen and oxygen atoms in total. The van der Waals surface area contributed by atoms with Crippen LogP contribution in [0.5, 0.6) is 0 Å². The van der Waals surface area contributed by atoms with Crippen molar-refractivity contribution in [3.8, 4) is 0 Å². The second kappa shape index (κ2) is 8.36. The Morgan fingerprint density at radius 3 is 2.41 bits per heavy atom. The molecule has 0 radical (unpaired) electrons. The Morgan fingerprint density at radius 1 is 1.18 bits per heavy atom. The van der Waals surface area contributed by atoms with Gasteiger partial charge in [-0.3, -0.25) is 4.79 Å². The van der Waals surface area contributed by atoms with Crippen LogP contribution in [0, 0.1) is 5.92 Å². The highest BCUT2D eigenvalue weighted by Crippen LogP contribution is 2.44. The number of unbranched alkanes of at least 4 members (excludes halogenated alkanes) is 2. The predicted octanol–water partition coefficient (Wildman–Crippen LogP) is 3.27. The maximum absolute atomic E-state index is 11.6. The molecule has 0 spiro atoms. The van der Waals surface area contributed by atoms with Gasteiger partial charge >= 0.3 is 12.1 Å². The largest absolute Gasteiger partial charge is 0.469 e. The van der Waals surface area contributed by atoms with Gasteiger partial charge in [-0.2, -0.15) is 0 Å². The fraction of sp³-hybridized carbons (Fsp3) is 0.750. The summed E-state index contributed by atoms with van der Waals surface area (Å²) in [5.74, 6) is 0.204. The first kappa shape index (κ1) is 18.7. The van der Waals surface area contributed by atoms with Crippen LogP contribution in [-0.4, -0.2) is 40.4 Å². The number of esters is 1. The van der Waals surface area contributed by atoms with Crippen molar-refractivity contribution in [1.29, 1.82) is 0 Å². The molecule has 1 unspecified atom stereocenters. The number of carbonyl (C=O) groups excluding carboxylic acids is 2. The van der Waals surface area contributed by atoms with Gasteiger partial charge in [0.2, 0.25) is 0 Å².